The van der Waals surface area contributed by atoms with Gasteiger partial charge in [-0.15, -0.1) is 0 Å². The molecule has 3 nitrogen and oxygen atoms in total. The zero-order valence-electron chi connectivity index (χ0n) is 8.73. The molecule has 15 heavy (non-hydrogen) atoms. The maximum atomic E-state index is 9.38. The van der Waals surface area contributed by atoms with Crippen molar-refractivity contribution >= 4 is 0 Å². The Labute approximate surface area is 88.5 Å². The van der Waals surface area contributed by atoms with Crippen molar-refractivity contribution in [1.29, 1.82) is 0 Å². The van der Waals surface area contributed by atoms with Gasteiger partial charge in [-0.05, 0) is 31.5 Å². The Hall–Kier alpha value is -1.90. The van der Waals surface area contributed by atoms with Gasteiger partial charge in [-0.1, -0.05) is 12.1 Å². The summed E-state index contributed by atoms with van der Waals surface area (Å²) in [6.45, 7) is 3.80. The molecule has 3 heteroatoms. The van der Waals surface area contributed by atoms with E-state index in [0.29, 0.717) is 0 Å². The fourth-order valence-corrected chi connectivity index (χ4v) is 1.54. The van der Waals surface area contributed by atoms with E-state index in [1.807, 2.05) is 26.0 Å². The second-order valence-electron chi connectivity index (χ2n) is 3.47. The molecule has 0 fully saturated rings. The molecule has 0 unspecified atom stereocenters. The van der Waals surface area contributed by atoms with Crippen LogP contribution in [0.25, 0.3) is 11.1 Å². The summed E-state index contributed by atoms with van der Waals surface area (Å²) in [6, 6.07) is 7.10. The predicted molar refractivity (Wildman–Crippen MR) is 58.6 cm³/mol. The van der Waals surface area contributed by atoms with Crippen molar-refractivity contribution in [3.8, 4) is 16.9 Å². The summed E-state index contributed by atoms with van der Waals surface area (Å²) in [5.74, 6) is 1.02. The Bertz CT molecular complexity index is 495. The van der Waals surface area contributed by atoms with Gasteiger partial charge >= 0.3 is 0 Å². The second kappa shape index (κ2) is 3.69. The lowest BCUT2D eigenvalue weighted by Gasteiger charge is -2.05. The number of aryl methyl sites for hydroxylation is 2. The van der Waals surface area contributed by atoms with Gasteiger partial charge in [0.1, 0.15) is 11.6 Å². The zero-order chi connectivity index (χ0) is 10.8. The molecule has 0 saturated heterocycles. The number of nitrogens with zero attached hydrogens (tertiary/aromatic N) is 2. The number of rotatable bonds is 1. The molecule has 2 rings (SSSR count). The third kappa shape index (κ3) is 1.96. The van der Waals surface area contributed by atoms with Crippen molar-refractivity contribution in [3.63, 3.8) is 0 Å². The van der Waals surface area contributed by atoms with Gasteiger partial charge in [0.2, 0.25) is 0 Å². The highest BCUT2D eigenvalue weighted by molar-refractivity contribution is 5.66. The average molecular weight is 200 g/mol. The van der Waals surface area contributed by atoms with Crippen LogP contribution < -0.4 is 0 Å². The van der Waals surface area contributed by atoms with E-state index in [1.165, 1.54) is 0 Å². The van der Waals surface area contributed by atoms with Crippen LogP contribution in [-0.2, 0) is 0 Å². The maximum absolute atomic E-state index is 9.38. The van der Waals surface area contributed by atoms with Gasteiger partial charge in [0.05, 0.1) is 0 Å². The van der Waals surface area contributed by atoms with Crippen molar-refractivity contribution in [2.45, 2.75) is 13.8 Å². The predicted octanol–water partition coefficient (Wildman–Crippen LogP) is 2.47. The molecule has 0 saturated carbocycles. The zero-order valence-corrected chi connectivity index (χ0v) is 8.73. The van der Waals surface area contributed by atoms with Crippen LogP contribution in [0.3, 0.4) is 0 Å². The number of aromatic hydroxyl groups is 1. The summed E-state index contributed by atoms with van der Waals surface area (Å²) in [7, 11) is 0. The monoisotopic (exact) mass is 200 g/mol. The first kappa shape index (κ1) is 9.65. The topological polar surface area (TPSA) is 46.0 Å². The van der Waals surface area contributed by atoms with Crippen molar-refractivity contribution in [2.24, 2.45) is 0 Å². The summed E-state index contributed by atoms with van der Waals surface area (Å²) in [6.07, 6.45) is 1.78. The highest BCUT2D eigenvalue weighted by atomic mass is 16.3. The number of benzene rings is 1. The van der Waals surface area contributed by atoms with Crippen LogP contribution in [0.2, 0.25) is 0 Å². The standard InChI is InChI=1S/C12H12N2O/c1-8-12(7-13-9(2)14-8)10-4-3-5-11(15)6-10/h3-7,15H,1-2H3. The molecule has 0 atom stereocenters. The van der Waals surface area contributed by atoms with Gasteiger partial charge in [0, 0.05) is 17.5 Å². The first-order valence-electron chi connectivity index (χ1n) is 4.76. The first-order chi connectivity index (χ1) is 7.16. The number of hydrogen-bond donors (Lipinski definition) is 1. The van der Waals surface area contributed by atoms with Crippen LogP contribution in [0.5, 0.6) is 5.75 Å². The Morgan fingerprint density at radius 3 is 2.67 bits per heavy atom. The molecule has 0 aliphatic carbocycles. The third-order valence-corrected chi connectivity index (χ3v) is 2.26. The fraction of sp³-hybridized carbons (Fsp3) is 0.167. The van der Waals surface area contributed by atoms with Crippen molar-refractivity contribution in [2.75, 3.05) is 0 Å². The Morgan fingerprint density at radius 1 is 1.20 bits per heavy atom. The molecule has 2 aromatic rings. The van der Waals surface area contributed by atoms with E-state index in [-0.39, 0.29) is 5.75 Å². The van der Waals surface area contributed by atoms with Crippen molar-refractivity contribution < 1.29 is 5.11 Å². The summed E-state index contributed by atoms with van der Waals surface area (Å²) in [5, 5.41) is 9.38. The van der Waals surface area contributed by atoms with Crippen LogP contribution in [0, 0.1) is 13.8 Å². The minimum absolute atomic E-state index is 0.257. The molecule has 76 valence electrons. The second-order valence-corrected chi connectivity index (χ2v) is 3.47. The van der Waals surface area contributed by atoms with Gasteiger partial charge in [0.25, 0.3) is 0 Å². The first-order valence-corrected chi connectivity index (χ1v) is 4.76. The molecule has 0 aliphatic heterocycles. The summed E-state index contributed by atoms with van der Waals surface area (Å²) < 4.78 is 0. The third-order valence-electron chi connectivity index (χ3n) is 2.26. The van der Waals surface area contributed by atoms with Crippen LogP contribution in [0.15, 0.2) is 30.5 Å². The van der Waals surface area contributed by atoms with Crippen LogP contribution in [0.1, 0.15) is 11.5 Å². The quantitative estimate of drug-likeness (QED) is 0.769. The van der Waals surface area contributed by atoms with Crippen LogP contribution in [-0.4, -0.2) is 15.1 Å². The summed E-state index contributed by atoms with van der Waals surface area (Å²) in [5.41, 5.74) is 2.82. The van der Waals surface area contributed by atoms with E-state index >= 15 is 0 Å². The van der Waals surface area contributed by atoms with Gasteiger partial charge in [0.15, 0.2) is 0 Å². The van der Waals surface area contributed by atoms with E-state index in [2.05, 4.69) is 9.97 Å². The molecule has 1 N–H and O–H groups in total. The summed E-state index contributed by atoms with van der Waals surface area (Å²) in [4.78, 5) is 8.44. The van der Waals surface area contributed by atoms with E-state index < -0.39 is 0 Å². The molecule has 0 amide bonds. The lowest BCUT2D eigenvalue weighted by Crippen LogP contribution is -1.93. The van der Waals surface area contributed by atoms with E-state index in [1.54, 1.807) is 18.3 Å². The Kier molecular flexibility index (Phi) is 2.37. The Morgan fingerprint density at radius 2 is 2.00 bits per heavy atom. The normalized spacial score (nSPS) is 10.3. The van der Waals surface area contributed by atoms with E-state index in [9.17, 15) is 5.11 Å². The minimum Gasteiger partial charge on any atom is -0.508 e. The van der Waals surface area contributed by atoms with Gasteiger partial charge in [-0.2, -0.15) is 0 Å². The van der Waals surface area contributed by atoms with E-state index in [4.69, 9.17) is 0 Å². The van der Waals surface area contributed by atoms with Crippen LogP contribution in [0.4, 0.5) is 0 Å². The maximum Gasteiger partial charge on any atom is 0.125 e. The molecule has 0 radical (unpaired) electrons. The molecular weight excluding hydrogens is 188 g/mol. The largest absolute Gasteiger partial charge is 0.508 e. The average Bonchev–Trinajstić information content (AvgIpc) is 2.17. The number of phenolic OH excluding ortho intramolecular Hbond substituents is 1. The van der Waals surface area contributed by atoms with Gasteiger partial charge in [-0.3, -0.25) is 0 Å². The number of hydrogen-bond acceptors (Lipinski definition) is 3. The smallest absolute Gasteiger partial charge is 0.125 e. The van der Waals surface area contributed by atoms with E-state index in [0.717, 1.165) is 22.6 Å². The lowest BCUT2D eigenvalue weighted by molar-refractivity contribution is 0.475. The number of aromatic nitrogens is 2. The SMILES string of the molecule is Cc1ncc(-c2cccc(O)c2)c(C)n1. The Balaban J connectivity index is 2.54. The van der Waals surface area contributed by atoms with Crippen molar-refractivity contribution in [1.82, 2.24) is 9.97 Å². The summed E-state index contributed by atoms with van der Waals surface area (Å²) >= 11 is 0. The number of phenols is 1. The van der Waals surface area contributed by atoms with Gasteiger partial charge < -0.3 is 5.11 Å². The molecular formula is C12H12N2O. The minimum atomic E-state index is 0.257. The lowest BCUT2D eigenvalue weighted by atomic mass is 10.1. The van der Waals surface area contributed by atoms with Crippen LogP contribution >= 0.6 is 0 Å². The fourth-order valence-electron chi connectivity index (χ4n) is 1.54. The van der Waals surface area contributed by atoms with Crippen molar-refractivity contribution in [3.05, 3.63) is 42.0 Å². The highest BCUT2D eigenvalue weighted by Crippen LogP contribution is 2.24. The molecule has 1 heterocycles. The molecule has 0 spiro atoms. The molecule has 0 aliphatic rings. The molecule has 1 aromatic carbocycles. The molecule has 0 bridgehead atoms. The van der Waals surface area contributed by atoms with Gasteiger partial charge in [-0.25, -0.2) is 9.97 Å². The highest BCUT2D eigenvalue weighted by Gasteiger charge is 2.04. The molecule has 1 aromatic heterocycles.